The van der Waals surface area contributed by atoms with Crippen molar-refractivity contribution in [1.29, 1.82) is 0 Å². The SMILES string of the molecule is OCCCNc1ccc2cc(C3NCN3)ccc2c1. The first-order valence-electron chi connectivity index (χ1n) is 6.72. The summed E-state index contributed by atoms with van der Waals surface area (Å²) in [6.07, 6.45) is 1.07. The topological polar surface area (TPSA) is 56.3 Å². The van der Waals surface area contributed by atoms with E-state index in [1.807, 2.05) is 0 Å². The fraction of sp³-hybridized carbons (Fsp3) is 0.333. The number of anilines is 1. The van der Waals surface area contributed by atoms with Crippen molar-refractivity contribution in [2.45, 2.75) is 12.6 Å². The van der Waals surface area contributed by atoms with Crippen LogP contribution in [0.1, 0.15) is 18.2 Å². The van der Waals surface area contributed by atoms with Crippen molar-refractivity contribution >= 4 is 16.5 Å². The normalized spacial score (nSPS) is 15.4. The number of hydrogen-bond donors (Lipinski definition) is 4. The quantitative estimate of drug-likeness (QED) is 0.617. The molecule has 0 saturated carbocycles. The maximum absolute atomic E-state index is 8.78. The molecule has 1 saturated heterocycles. The first-order chi connectivity index (χ1) is 9.36. The van der Waals surface area contributed by atoms with Gasteiger partial charge in [0.2, 0.25) is 0 Å². The van der Waals surface area contributed by atoms with Crippen LogP contribution in [0.3, 0.4) is 0 Å². The lowest BCUT2D eigenvalue weighted by Gasteiger charge is -2.30. The Kier molecular flexibility index (Phi) is 3.64. The molecule has 19 heavy (non-hydrogen) atoms. The van der Waals surface area contributed by atoms with Crippen molar-refractivity contribution in [1.82, 2.24) is 10.6 Å². The van der Waals surface area contributed by atoms with Gasteiger partial charge in [-0.05, 0) is 41.0 Å². The van der Waals surface area contributed by atoms with Crippen molar-refractivity contribution in [2.24, 2.45) is 0 Å². The van der Waals surface area contributed by atoms with Gasteiger partial charge in [-0.25, -0.2) is 0 Å². The highest BCUT2D eigenvalue weighted by Crippen LogP contribution is 2.23. The van der Waals surface area contributed by atoms with E-state index in [9.17, 15) is 0 Å². The molecule has 4 N–H and O–H groups in total. The largest absolute Gasteiger partial charge is 0.396 e. The molecule has 1 fully saturated rings. The van der Waals surface area contributed by atoms with E-state index in [0.29, 0.717) is 6.17 Å². The molecule has 0 spiro atoms. The lowest BCUT2D eigenvalue weighted by molar-refractivity contribution is 0.292. The van der Waals surface area contributed by atoms with Gasteiger partial charge in [-0.15, -0.1) is 0 Å². The molecule has 4 nitrogen and oxygen atoms in total. The second-order valence-electron chi connectivity index (χ2n) is 4.84. The summed E-state index contributed by atoms with van der Waals surface area (Å²) in [7, 11) is 0. The predicted octanol–water partition coefficient (Wildman–Crippen LogP) is 1.78. The van der Waals surface area contributed by atoms with Crippen molar-refractivity contribution in [3.8, 4) is 0 Å². The molecule has 0 aliphatic carbocycles. The van der Waals surface area contributed by atoms with Gasteiger partial charge in [0, 0.05) is 25.5 Å². The van der Waals surface area contributed by atoms with Gasteiger partial charge in [-0.2, -0.15) is 0 Å². The lowest BCUT2D eigenvalue weighted by Crippen LogP contribution is -2.51. The number of nitrogens with one attached hydrogen (secondary N) is 3. The smallest absolute Gasteiger partial charge is 0.0855 e. The first-order valence-corrected chi connectivity index (χ1v) is 6.72. The Morgan fingerprint density at radius 3 is 2.63 bits per heavy atom. The molecule has 1 heterocycles. The van der Waals surface area contributed by atoms with E-state index in [4.69, 9.17) is 5.11 Å². The summed E-state index contributed by atoms with van der Waals surface area (Å²) in [5, 5.41) is 21.2. The summed E-state index contributed by atoms with van der Waals surface area (Å²) in [6, 6.07) is 12.9. The average molecular weight is 257 g/mol. The molecule has 1 aliphatic heterocycles. The second kappa shape index (κ2) is 5.57. The molecule has 0 bridgehead atoms. The molecule has 1 aliphatic rings. The summed E-state index contributed by atoms with van der Waals surface area (Å²) in [5.41, 5.74) is 2.38. The van der Waals surface area contributed by atoms with E-state index in [1.54, 1.807) is 0 Å². The third-order valence-electron chi connectivity index (χ3n) is 3.47. The van der Waals surface area contributed by atoms with Crippen molar-refractivity contribution < 1.29 is 5.11 Å². The van der Waals surface area contributed by atoms with E-state index in [-0.39, 0.29) is 6.61 Å². The number of aliphatic hydroxyl groups is 1. The Morgan fingerprint density at radius 1 is 1.11 bits per heavy atom. The zero-order valence-electron chi connectivity index (χ0n) is 10.8. The van der Waals surface area contributed by atoms with Crippen molar-refractivity contribution in [3.05, 3.63) is 42.0 Å². The van der Waals surface area contributed by atoms with E-state index >= 15 is 0 Å². The molecule has 2 aromatic carbocycles. The van der Waals surface area contributed by atoms with Crippen molar-refractivity contribution in [2.75, 3.05) is 25.1 Å². The monoisotopic (exact) mass is 257 g/mol. The Hall–Kier alpha value is -1.62. The standard InChI is InChI=1S/C15H19N3O/c19-7-1-6-16-14-5-4-11-8-13(15-17-10-18-15)3-2-12(11)9-14/h2-5,8-9,15-19H,1,6-7,10H2. The van der Waals surface area contributed by atoms with Crippen LogP contribution >= 0.6 is 0 Å². The number of rotatable bonds is 5. The van der Waals surface area contributed by atoms with Crippen LogP contribution in [0.5, 0.6) is 0 Å². The summed E-state index contributed by atoms with van der Waals surface area (Å²) >= 11 is 0. The molecule has 3 rings (SSSR count). The minimum Gasteiger partial charge on any atom is -0.396 e. The highest BCUT2D eigenvalue weighted by Gasteiger charge is 2.16. The number of aliphatic hydroxyl groups excluding tert-OH is 1. The van der Waals surface area contributed by atoms with Crippen LogP contribution in [0.4, 0.5) is 5.69 Å². The van der Waals surface area contributed by atoms with E-state index in [0.717, 1.165) is 25.3 Å². The highest BCUT2D eigenvalue weighted by atomic mass is 16.3. The van der Waals surface area contributed by atoms with Crippen LogP contribution in [0, 0.1) is 0 Å². The van der Waals surface area contributed by atoms with Gasteiger partial charge in [0.15, 0.2) is 0 Å². The summed E-state index contributed by atoms with van der Waals surface area (Å²) in [4.78, 5) is 0. The van der Waals surface area contributed by atoms with Gasteiger partial charge in [-0.1, -0.05) is 18.2 Å². The molecule has 2 aromatic rings. The summed E-state index contributed by atoms with van der Waals surface area (Å²) in [6.45, 7) is 1.91. The Balaban J connectivity index is 1.79. The highest BCUT2D eigenvalue weighted by molar-refractivity contribution is 5.86. The molecule has 0 radical (unpaired) electrons. The number of fused-ring (bicyclic) bond motifs is 1. The molecule has 0 amide bonds. The molecule has 0 atom stereocenters. The van der Waals surface area contributed by atoms with E-state index < -0.39 is 0 Å². The number of benzene rings is 2. The molecule has 0 aromatic heterocycles. The summed E-state index contributed by atoms with van der Waals surface area (Å²) < 4.78 is 0. The average Bonchev–Trinajstić information content (AvgIpc) is 2.37. The van der Waals surface area contributed by atoms with Gasteiger partial charge in [0.05, 0.1) is 6.17 Å². The van der Waals surface area contributed by atoms with E-state index in [1.165, 1.54) is 16.3 Å². The fourth-order valence-corrected chi connectivity index (χ4v) is 2.31. The second-order valence-corrected chi connectivity index (χ2v) is 4.84. The van der Waals surface area contributed by atoms with Crippen LogP contribution in [0.25, 0.3) is 10.8 Å². The van der Waals surface area contributed by atoms with Crippen LogP contribution < -0.4 is 16.0 Å². The Morgan fingerprint density at radius 2 is 1.89 bits per heavy atom. The van der Waals surface area contributed by atoms with Crippen LogP contribution in [0.2, 0.25) is 0 Å². The first kappa shape index (κ1) is 12.4. The fourth-order valence-electron chi connectivity index (χ4n) is 2.31. The van der Waals surface area contributed by atoms with Gasteiger partial charge in [0.25, 0.3) is 0 Å². The molecule has 100 valence electrons. The third-order valence-corrected chi connectivity index (χ3v) is 3.47. The van der Waals surface area contributed by atoms with Gasteiger partial charge in [-0.3, -0.25) is 10.6 Å². The zero-order chi connectivity index (χ0) is 13.1. The lowest BCUT2D eigenvalue weighted by atomic mass is 10.0. The molecule has 0 unspecified atom stereocenters. The molecular weight excluding hydrogens is 238 g/mol. The minimum atomic E-state index is 0.228. The number of hydrogen-bond acceptors (Lipinski definition) is 4. The minimum absolute atomic E-state index is 0.228. The third kappa shape index (κ3) is 2.71. The molecule has 4 heteroatoms. The van der Waals surface area contributed by atoms with Gasteiger partial charge >= 0.3 is 0 Å². The maximum atomic E-state index is 8.78. The summed E-state index contributed by atoms with van der Waals surface area (Å²) in [5.74, 6) is 0. The van der Waals surface area contributed by atoms with Crippen molar-refractivity contribution in [3.63, 3.8) is 0 Å². The molecular formula is C15H19N3O. The van der Waals surface area contributed by atoms with Gasteiger partial charge in [0.1, 0.15) is 0 Å². The zero-order valence-corrected chi connectivity index (χ0v) is 10.8. The van der Waals surface area contributed by atoms with Crippen LogP contribution in [-0.2, 0) is 0 Å². The van der Waals surface area contributed by atoms with E-state index in [2.05, 4.69) is 52.3 Å². The Bertz CT molecular complexity index is 566. The van der Waals surface area contributed by atoms with Crippen LogP contribution in [-0.4, -0.2) is 24.9 Å². The van der Waals surface area contributed by atoms with Gasteiger partial charge < -0.3 is 10.4 Å². The van der Waals surface area contributed by atoms with Crippen LogP contribution in [0.15, 0.2) is 36.4 Å². The predicted molar refractivity (Wildman–Crippen MR) is 78.0 cm³/mol. The Labute approximate surface area is 112 Å². The maximum Gasteiger partial charge on any atom is 0.0855 e.